The van der Waals surface area contributed by atoms with E-state index in [1.54, 1.807) is 35.8 Å². The Morgan fingerprint density at radius 2 is 1.87 bits per heavy atom. The van der Waals surface area contributed by atoms with Crippen LogP contribution in [0.2, 0.25) is 5.02 Å². The number of hydrogen-bond donors (Lipinski definition) is 1. The number of hydrogen-bond acceptors (Lipinski definition) is 8. The van der Waals surface area contributed by atoms with Gasteiger partial charge in [0.2, 0.25) is 10.0 Å². The number of amides is 1. The van der Waals surface area contributed by atoms with E-state index in [0.29, 0.717) is 51.5 Å². The molecule has 0 spiro atoms. The molecule has 4 heterocycles. The van der Waals surface area contributed by atoms with Crippen LogP contribution in [0.1, 0.15) is 58.9 Å². The molecule has 0 saturated carbocycles. The van der Waals surface area contributed by atoms with Crippen molar-refractivity contribution in [2.24, 2.45) is 0 Å². The molecule has 1 aliphatic carbocycles. The summed E-state index contributed by atoms with van der Waals surface area (Å²) in [5.74, 6) is 0.428. The topological polar surface area (TPSA) is 128 Å². The molecular formula is C32H37ClN6O5S. The number of nitrogens with zero attached hydrogens (tertiary/aromatic N) is 5. The average molecular weight is 653 g/mol. The number of aromatic nitrogens is 4. The normalized spacial score (nSPS) is 17.3. The van der Waals surface area contributed by atoms with Crippen LogP contribution >= 0.6 is 11.6 Å². The highest BCUT2D eigenvalue weighted by atomic mass is 35.5. The molecule has 11 nitrogen and oxygen atoms in total. The van der Waals surface area contributed by atoms with Gasteiger partial charge in [-0.15, -0.1) is 0 Å². The molecule has 1 unspecified atom stereocenters. The van der Waals surface area contributed by atoms with Gasteiger partial charge in [-0.3, -0.25) is 14.2 Å². The third-order valence-electron chi connectivity index (χ3n) is 8.66. The molecule has 238 valence electrons. The Hall–Kier alpha value is -3.74. The maximum atomic E-state index is 13.7. The highest BCUT2D eigenvalue weighted by molar-refractivity contribution is 7.89. The standard InChI is InChI=1S/C32H37ClN6O5S/c1-20-17-24(28-10-11-29(39(28)35-20)31(40)36-45(3,42)43)25-18-22(33)7-12-30(25)44-16-15-38-21(2)34-27-9-8-23(19-26(27)32(38)41)37-13-5-4-6-14-37/h7,10-12,17-18,23H,4-6,8-9,13-16,19H2,1-3H3,(H,36,40). The zero-order chi connectivity index (χ0) is 31.9. The Kier molecular flexibility index (Phi) is 8.73. The number of benzene rings is 1. The minimum Gasteiger partial charge on any atom is -0.491 e. The fourth-order valence-corrected chi connectivity index (χ4v) is 7.18. The van der Waals surface area contributed by atoms with E-state index in [0.717, 1.165) is 49.9 Å². The van der Waals surface area contributed by atoms with Crippen molar-refractivity contribution in [2.45, 2.75) is 65.0 Å². The monoisotopic (exact) mass is 652 g/mol. The van der Waals surface area contributed by atoms with Gasteiger partial charge in [-0.05, 0) is 95.4 Å². The van der Waals surface area contributed by atoms with Crippen LogP contribution in [0.4, 0.5) is 0 Å². The predicted octanol–water partition coefficient (Wildman–Crippen LogP) is 3.94. The van der Waals surface area contributed by atoms with Gasteiger partial charge in [-0.1, -0.05) is 18.0 Å². The number of halogens is 1. The molecule has 13 heteroatoms. The second kappa shape index (κ2) is 12.6. The number of piperidine rings is 1. The Bertz CT molecular complexity index is 1950. The molecule has 3 aromatic heterocycles. The summed E-state index contributed by atoms with van der Waals surface area (Å²) in [6.45, 7) is 6.40. The van der Waals surface area contributed by atoms with Crippen molar-refractivity contribution in [1.29, 1.82) is 0 Å². The van der Waals surface area contributed by atoms with Gasteiger partial charge < -0.3 is 9.64 Å². The number of likely N-dealkylation sites (tertiary alicyclic amines) is 1. The first-order valence-electron chi connectivity index (χ1n) is 15.3. The number of fused-ring (bicyclic) bond motifs is 2. The molecule has 2 aliphatic rings. The first kappa shape index (κ1) is 31.3. The minimum absolute atomic E-state index is 0.0127. The smallest absolute Gasteiger partial charge is 0.283 e. The van der Waals surface area contributed by atoms with Crippen molar-refractivity contribution >= 4 is 33.0 Å². The van der Waals surface area contributed by atoms with Gasteiger partial charge in [-0.25, -0.2) is 22.6 Å². The number of carbonyl (C=O) groups excluding carboxylic acids is 1. The summed E-state index contributed by atoms with van der Waals surface area (Å²) in [5, 5.41) is 4.94. The van der Waals surface area contributed by atoms with Crippen LogP contribution in [0.5, 0.6) is 5.75 Å². The zero-order valence-electron chi connectivity index (χ0n) is 25.7. The van der Waals surface area contributed by atoms with E-state index in [1.807, 2.05) is 17.7 Å². The summed E-state index contributed by atoms with van der Waals surface area (Å²) in [7, 11) is -3.76. The van der Waals surface area contributed by atoms with E-state index in [2.05, 4.69) is 10.00 Å². The molecule has 4 aromatic rings. The largest absolute Gasteiger partial charge is 0.491 e. The lowest BCUT2D eigenvalue weighted by Crippen LogP contribution is -2.45. The lowest BCUT2D eigenvalue weighted by atomic mass is 9.90. The number of rotatable bonds is 8. The van der Waals surface area contributed by atoms with E-state index in [1.165, 1.54) is 29.8 Å². The number of nitrogens with one attached hydrogen (secondary N) is 1. The first-order valence-corrected chi connectivity index (χ1v) is 17.5. The quantitative estimate of drug-likeness (QED) is 0.303. The Labute approximate surface area is 267 Å². The number of carbonyl (C=O) groups is 1. The molecule has 0 radical (unpaired) electrons. The van der Waals surface area contributed by atoms with E-state index in [-0.39, 0.29) is 17.9 Å². The second-order valence-electron chi connectivity index (χ2n) is 11.9. The van der Waals surface area contributed by atoms with Gasteiger partial charge >= 0.3 is 0 Å². The molecule has 1 N–H and O–H groups in total. The molecule has 45 heavy (non-hydrogen) atoms. The van der Waals surface area contributed by atoms with Gasteiger partial charge in [0.15, 0.2) is 0 Å². The number of sulfonamides is 1. The van der Waals surface area contributed by atoms with Crippen LogP contribution in [-0.4, -0.2) is 70.4 Å². The maximum absolute atomic E-state index is 13.7. The fourth-order valence-electron chi connectivity index (χ4n) is 6.57. The van der Waals surface area contributed by atoms with Crippen LogP contribution in [0.3, 0.4) is 0 Å². The SMILES string of the molecule is Cc1cc(-c2cc(Cl)ccc2OCCn2c(C)nc3c(c2=O)CC(N2CCCCC2)CC3)c2ccc(C(=O)NS(C)(=O)=O)n2n1. The lowest BCUT2D eigenvalue weighted by molar-refractivity contribution is 0.0975. The molecule has 1 aromatic carbocycles. The van der Waals surface area contributed by atoms with Gasteiger partial charge in [0.1, 0.15) is 23.9 Å². The minimum atomic E-state index is -3.76. The van der Waals surface area contributed by atoms with Crippen molar-refractivity contribution in [3.63, 3.8) is 0 Å². The lowest BCUT2D eigenvalue weighted by Gasteiger charge is -2.37. The van der Waals surface area contributed by atoms with Crippen molar-refractivity contribution in [3.05, 3.63) is 80.2 Å². The van der Waals surface area contributed by atoms with Gasteiger partial charge in [0.25, 0.3) is 11.5 Å². The first-order chi connectivity index (χ1) is 21.5. The summed E-state index contributed by atoms with van der Waals surface area (Å²) < 4.78 is 34.8. The summed E-state index contributed by atoms with van der Waals surface area (Å²) in [6.07, 6.45) is 7.25. The van der Waals surface area contributed by atoms with Gasteiger partial charge in [0, 0.05) is 27.8 Å². The average Bonchev–Trinajstić information content (AvgIpc) is 3.42. The third-order valence-corrected chi connectivity index (χ3v) is 9.45. The Morgan fingerprint density at radius 3 is 2.62 bits per heavy atom. The maximum Gasteiger partial charge on any atom is 0.283 e. The summed E-state index contributed by atoms with van der Waals surface area (Å²) >= 11 is 6.43. The molecule has 6 rings (SSSR count). The molecule has 1 aliphatic heterocycles. The summed E-state index contributed by atoms with van der Waals surface area (Å²) in [4.78, 5) is 33.8. The van der Waals surface area contributed by atoms with E-state index in [4.69, 9.17) is 21.3 Å². The Balaban J connectivity index is 1.26. The second-order valence-corrected chi connectivity index (χ2v) is 14.1. The van der Waals surface area contributed by atoms with Crippen molar-refractivity contribution in [3.8, 4) is 16.9 Å². The third kappa shape index (κ3) is 6.63. The van der Waals surface area contributed by atoms with E-state index >= 15 is 0 Å². The highest BCUT2D eigenvalue weighted by Gasteiger charge is 2.29. The van der Waals surface area contributed by atoms with Crippen LogP contribution in [0, 0.1) is 13.8 Å². The summed E-state index contributed by atoms with van der Waals surface area (Å²) in [6, 6.07) is 10.7. The molecule has 1 fully saturated rings. The molecule has 0 bridgehead atoms. The molecule has 1 atom stereocenters. The summed E-state index contributed by atoms with van der Waals surface area (Å²) in [5.41, 5.74) is 4.37. The number of ether oxygens (including phenoxy) is 1. The predicted molar refractivity (Wildman–Crippen MR) is 173 cm³/mol. The fraction of sp³-hybridized carbons (Fsp3) is 0.438. The zero-order valence-corrected chi connectivity index (χ0v) is 27.2. The highest BCUT2D eigenvalue weighted by Crippen LogP contribution is 2.36. The van der Waals surface area contributed by atoms with E-state index < -0.39 is 15.9 Å². The molecule has 1 amide bonds. The van der Waals surface area contributed by atoms with Gasteiger partial charge in [0.05, 0.1) is 29.7 Å². The van der Waals surface area contributed by atoms with Crippen LogP contribution in [-0.2, 0) is 29.4 Å². The van der Waals surface area contributed by atoms with Crippen molar-refractivity contribution in [2.75, 3.05) is 26.0 Å². The van der Waals surface area contributed by atoms with Crippen molar-refractivity contribution in [1.82, 2.24) is 28.8 Å². The Morgan fingerprint density at radius 1 is 1.09 bits per heavy atom. The van der Waals surface area contributed by atoms with Crippen LogP contribution in [0.25, 0.3) is 16.6 Å². The number of aryl methyl sites for hydroxylation is 3. The van der Waals surface area contributed by atoms with Gasteiger partial charge in [-0.2, -0.15) is 5.10 Å². The van der Waals surface area contributed by atoms with Crippen LogP contribution in [0.15, 0.2) is 41.2 Å². The molecule has 1 saturated heterocycles. The molecular weight excluding hydrogens is 616 g/mol. The van der Waals surface area contributed by atoms with Crippen molar-refractivity contribution < 1.29 is 17.9 Å². The van der Waals surface area contributed by atoms with E-state index in [9.17, 15) is 18.0 Å². The van der Waals surface area contributed by atoms with Crippen LogP contribution < -0.4 is 15.0 Å².